The molecule has 1 heterocycles. The lowest BCUT2D eigenvalue weighted by Crippen LogP contribution is -2.31. The number of rotatable bonds is 4. The predicted octanol–water partition coefficient (Wildman–Crippen LogP) is 0.913. The minimum atomic E-state index is -3.24. The van der Waals surface area contributed by atoms with Crippen LogP contribution in [0.3, 0.4) is 0 Å². The van der Waals surface area contributed by atoms with Gasteiger partial charge in [0.25, 0.3) is 0 Å². The van der Waals surface area contributed by atoms with Crippen LogP contribution < -0.4 is 4.74 Å². The molecule has 1 aliphatic heterocycles. The zero-order valence-corrected chi connectivity index (χ0v) is 10.9. The van der Waals surface area contributed by atoms with Gasteiger partial charge in [0.05, 0.1) is 25.0 Å². The van der Waals surface area contributed by atoms with Crippen LogP contribution in [0.4, 0.5) is 0 Å². The van der Waals surface area contributed by atoms with E-state index >= 15 is 0 Å². The summed E-state index contributed by atoms with van der Waals surface area (Å²) < 4.78 is 29.6. The van der Waals surface area contributed by atoms with E-state index in [2.05, 4.69) is 0 Å². The quantitative estimate of drug-likeness (QED) is 0.762. The molecule has 18 heavy (non-hydrogen) atoms. The average Bonchev–Trinajstić information content (AvgIpc) is 2.68. The number of carbonyl (C=O) groups excluding carboxylic acids is 1. The van der Waals surface area contributed by atoms with Crippen LogP contribution in [0.15, 0.2) is 24.3 Å². The van der Waals surface area contributed by atoms with Crippen molar-refractivity contribution >= 4 is 15.8 Å². The second-order valence-corrected chi connectivity index (χ2v) is 6.22. The normalized spacial score (nSPS) is 18.7. The Kier molecular flexibility index (Phi) is 3.68. The highest BCUT2D eigenvalue weighted by Gasteiger charge is 2.30. The molecule has 6 heteroatoms. The number of Topliss-reactive ketones (excluding diaryl/α,β-unsaturated/α-hetero) is 1. The van der Waals surface area contributed by atoms with Crippen LogP contribution in [0.1, 0.15) is 16.8 Å². The number of hydrogen-bond acceptors (Lipinski definition) is 4. The zero-order valence-electron chi connectivity index (χ0n) is 10.1. The third kappa shape index (κ3) is 2.54. The summed E-state index contributed by atoms with van der Waals surface area (Å²) in [5, 5.41) is 0. The third-order valence-electron chi connectivity index (χ3n) is 2.93. The fourth-order valence-electron chi connectivity index (χ4n) is 1.99. The van der Waals surface area contributed by atoms with E-state index in [0.717, 1.165) is 0 Å². The third-order valence-corrected chi connectivity index (χ3v) is 4.83. The molecule has 1 saturated heterocycles. The first kappa shape index (κ1) is 13.0. The van der Waals surface area contributed by atoms with Crippen molar-refractivity contribution in [3.8, 4) is 5.75 Å². The summed E-state index contributed by atoms with van der Waals surface area (Å²) in [6, 6.07) is 6.83. The van der Waals surface area contributed by atoms with Crippen molar-refractivity contribution < 1.29 is 17.9 Å². The Morgan fingerprint density at radius 1 is 1.39 bits per heavy atom. The molecule has 0 N–H and O–H groups in total. The van der Waals surface area contributed by atoms with E-state index in [4.69, 9.17) is 4.74 Å². The minimum absolute atomic E-state index is 0.108. The molecule has 0 saturated carbocycles. The van der Waals surface area contributed by atoms with Gasteiger partial charge in [-0.2, -0.15) is 4.31 Å². The summed E-state index contributed by atoms with van der Waals surface area (Å²) in [6.45, 7) is 0.311. The second-order valence-electron chi connectivity index (χ2n) is 4.13. The molecule has 0 radical (unpaired) electrons. The number of nitrogens with zero attached hydrogens (tertiary/aromatic N) is 1. The van der Waals surface area contributed by atoms with Crippen molar-refractivity contribution in [3.05, 3.63) is 29.8 Å². The first-order valence-corrected chi connectivity index (χ1v) is 7.29. The monoisotopic (exact) mass is 269 g/mol. The molecule has 98 valence electrons. The Balaban J connectivity index is 2.18. The molecule has 1 aliphatic rings. The molecule has 0 aromatic heterocycles. The van der Waals surface area contributed by atoms with Crippen LogP contribution in [-0.4, -0.2) is 44.5 Å². The Labute approximate surface area is 106 Å². The van der Waals surface area contributed by atoms with Crippen LogP contribution in [0.25, 0.3) is 0 Å². The van der Waals surface area contributed by atoms with Gasteiger partial charge in [0.2, 0.25) is 10.0 Å². The number of methoxy groups -OCH3 is 1. The number of sulfonamides is 1. The predicted molar refractivity (Wildman–Crippen MR) is 67.3 cm³/mol. The van der Waals surface area contributed by atoms with Crippen molar-refractivity contribution in [2.75, 3.05) is 26.0 Å². The van der Waals surface area contributed by atoms with Gasteiger partial charge < -0.3 is 4.74 Å². The maximum Gasteiger partial charge on any atom is 0.214 e. The van der Waals surface area contributed by atoms with E-state index < -0.39 is 10.0 Å². The van der Waals surface area contributed by atoms with Gasteiger partial charge in [-0.15, -0.1) is 0 Å². The van der Waals surface area contributed by atoms with Gasteiger partial charge in [-0.05, 0) is 18.6 Å². The number of ketones is 1. The van der Waals surface area contributed by atoms with Crippen LogP contribution in [0.2, 0.25) is 0 Å². The Hall–Kier alpha value is -1.40. The van der Waals surface area contributed by atoms with Gasteiger partial charge in [-0.3, -0.25) is 4.79 Å². The summed E-state index contributed by atoms with van der Waals surface area (Å²) in [7, 11) is -1.75. The molecular formula is C12H15NO4S. The lowest BCUT2D eigenvalue weighted by atomic mass is 10.1. The lowest BCUT2D eigenvalue weighted by molar-refractivity contribution is 0.0966. The topological polar surface area (TPSA) is 63.7 Å². The smallest absolute Gasteiger partial charge is 0.214 e. The molecular weight excluding hydrogens is 254 g/mol. The fraction of sp³-hybridized carbons (Fsp3) is 0.417. The molecule has 0 bridgehead atoms. The molecule has 0 atom stereocenters. The molecule has 1 aromatic carbocycles. The summed E-state index contributed by atoms with van der Waals surface area (Å²) in [6.07, 6.45) is 0.585. The van der Waals surface area contributed by atoms with E-state index in [1.54, 1.807) is 24.3 Å². The zero-order chi connectivity index (χ0) is 13.2. The highest BCUT2D eigenvalue weighted by Crippen LogP contribution is 2.20. The van der Waals surface area contributed by atoms with Crippen molar-refractivity contribution in [1.29, 1.82) is 0 Å². The van der Waals surface area contributed by atoms with Crippen molar-refractivity contribution in [2.45, 2.75) is 6.42 Å². The average molecular weight is 269 g/mol. The highest BCUT2D eigenvalue weighted by molar-refractivity contribution is 7.89. The maximum absolute atomic E-state index is 12.1. The van der Waals surface area contributed by atoms with Crippen LogP contribution in [-0.2, 0) is 10.0 Å². The van der Waals surface area contributed by atoms with Gasteiger partial charge in [-0.25, -0.2) is 8.42 Å². The van der Waals surface area contributed by atoms with Gasteiger partial charge in [0.15, 0.2) is 5.78 Å². The van der Waals surface area contributed by atoms with E-state index in [1.807, 2.05) is 0 Å². The van der Waals surface area contributed by atoms with Crippen molar-refractivity contribution in [1.82, 2.24) is 4.31 Å². The molecule has 0 aliphatic carbocycles. The largest absolute Gasteiger partial charge is 0.496 e. The Bertz CT molecular complexity index is 553. The van der Waals surface area contributed by atoms with Crippen LogP contribution >= 0.6 is 0 Å². The Morgan fingerprint density at radius 2 is 2.11 bits per heavy atom. The van der Waals surface area contributed by atoms with Crippen LogP contribution in [0, 0.1) is 0 Å². The molecule has 0 amide bonds. The summed E-state index contributed by atoms with van der Waals surface area (Å²) in [5.74, 6) is 0.365. The molecule has 0 spiro atoms. The van der Waals surface area contributed by atoms with E-state index in [-0.39, 0.29) is 18.1 Å². The minimum Gasteiger partial charge on any atom is -0.496 e. The standard InChI is InChI=1S/C12H15NO4S/c1-17-12-6-3-2-5-10(12)11(14)9-13-7-4-8-18(13,15)16/h2-3,5-6H,4,7-9H2,1H3. The summed E-state index contributed by atoms with van der Waals surface area (Å²) in [5.41, 5.74) is 0.419. The number of benzene rings is 1. The van der Waals surface area contributed by atoms with Crippen molar-refractivity contribution in [2.24, 2.45) is 0 Å². The number of carbonyl (C=O) groups is 1. The molecule has 5 nitrogen and oxygen atoms in total. The molecule has 0 unspecified atom stereocenters. The summed E-state index contributed by atoms with van der Waals surface area (Å²) >= 11 is 0. The molecule has 1 aromatic rings. The molecule has 1 fully saturated rings. The first-order chi connectivity index (χ1) is 8.54. The van der Waals surface area contributed by atoms with Crippen molar-refractivity contribution in [3.63, 3.8) is 0 Å². The Morgan fingerprint density at radius 3 is 2.72 bits per heavy atom. The molecule has 2 rings (SSSR count). The number of para-hydroxylation sites is 1. The van der Waals surface area contributed by atoms with Gasteiger partial charge in [-0.1, -0.05) is 12.1 Å². The number of hydrogen-bond donors (Lipinski definition) is 0. The lowest BCUT2D eigenvalue weighted by Gasteiger charge is -2.14. The van der Waals surface area contributed by atoms with Crippen LogP contribution in [0.5, 0.6) is 5.75 Å². The number of ether oxygens (including phenoxy) is 1. The highest BCUT2D eigenvalue weighted by atomic mass is 32.2. The van der Waals surface area contributed by atoms with E-state index in [1.165, 1.54) is 11.4 Å². The van der Waals surface area contributed by atoms with Gasteiger partial charge >= 0.3 is 0 Å². The fourth-order valence-corrected chi connectivity index (χ4v) is 3.46. The SMILES string of the molecule is COc1ccccc1C(=O)CN1CCCS1(=O)=O. The van der Waals surface area contributed by atoms with Gasteiger partial charge in [0.1, 0.15) is 5.75 Å². The van der Waals surface area contributed by atoms with E-state index in [0.29, 0.717) is 24.3 Å². The van der Waals surface area contributed by atoms with Gasteiger partial charge in [0, 0.05) is 6.54 Å². The summed E-state index contributed by atoms with van der Waals surface area (Å²) in [4.78, 5) is 12.1. The first-order valence-electron chi connectivity index (χ1n) is 5.68. The maximum atomic E-state index is 12.1. The second kappa shape index (κ2) is 5.07. The van der Waals surface area contributed by atoms with E-state index in [9.17, 15) is 13.2 Å².